The van der Waals surface area contributed by atoms with E-state index in [-0.39, 0.29) is 0 Å². The zero-order valence-corrected chi connectivity index (χ0v) is 10.8. The third kappa shape index (κ3) is 2.91. The molecule has 2 rings (SSSR count). The van der Waals surface area contributed by atoms with Crippen LogP contribution in [0.1, 0.15) is 25.3 Å². The molecule has 1 N–H and O–H groups in total. The second-order valence-corrected chi connectivity index (χ2v) is 4.84. The van der Waals surface area contributed by atoms with E-state index >= 15 is 0 Å². The Morgan fingerprint density at radius 3 is 2.47 bits per heavy atom. The smallest absolute Gasteiger partial charge is 0.161 e. The van der Waals surface area contributed by atoms with E-state index in [0.29, 0.717) is 6.04 Å². The molecule has 1 aromatic rings. The maximum Gasteiger partial charge on any atom is 0.161 e. The number of nitrogens with one attached hydrogen (secondary N) is 1. The Balaban J connectivity index is 1.92. The summed E-state index contributed by atoms with van der Waals surface area (Å²) in [6, 6.07) is 6.77. The number of ether oxygens (including phenoxy) is 2. The van der Waals surface area contributed by atoms with Crippen molar-refractivity contribution < 1.29 is 9.47 Å². The van der Waals surface area contributed by atoms with Gasteiger partial charge in [0.25, 0.3) is 0 Å². The molecule has 0 amide bonds. The molecule has 1 aliphatic carbocycles. The van der Waals surface area contributed by atoms with Crippen LogP contribution in [0.3, 0.4) is 0 Å². The molecule has 1 aromatic carbocycles. The fourth-order valence-electron chi connectivity index (χ4n) is 2.32. The van der Waals surface area contributed by atoms with Crippen LogP contribution < -0.4 is 14.8 Å². The first kappa shape index (κ1) is 12.2. The lowest BCUT2D eigenvalue weighted by atomic mass is 9.82. The van der Waals surface area contributed by atoms with Gasteiger partial charge in [0.1, 0.15) is 0 Å². The lowest BCUT2D eigenvalue weighted by Crippen LogP contribution is -2.39. The first-order valence-corrected chi connectivity index (χ1v) is 6.17. The van der Waals surface area contributed by atoms with E-state index in [1.165, 1.54) is 18.4 Å². The summed E-state index contributed by atoms with van der Waals surface area (Å²) in [5, 5.41) is 3.56. The maximum atomic E-state index is 5.29. The minimum Gasteiger partial charge on any atom is -0.493 e. The van der Waals surface area contributed by atoms with E-state index < -0.39 is 0 Å². The van der Waals surface area contributed by atoms with Gasteiger partial charge in [-0.05, 0) is 36.5 Å². The van der Waals surface area contributed by atoms with Gasteiger partial charge in [-0.25, -0.2) is 0 Å². The van der Waals surface area contributed by atoms with Crippen LogP contribution in [0.2, 0.25) is 0 Å². The zero-order valence-electron chi connectivity index (χ0n) is 10.8. The maximum absolute atomic E-state index is 5.29. The van der Waals surface area contributed by atoms with Crippen LogP contribution in [0.4, 0.5) is 0 Å². The van der Waals surface area contributed by atoms with E-state index in [4.69, 9.17) is 9.47 Å². The van der Waals surface area contributed by atoms with Crippen molar-refractivity contribution in [3.8, 4) is 11.5 Å². The highest BCUT2D eigenvalue weighted by atomic mass is 16.5. The molecule has 0 bridgehead atoms. The molecule has 1 aliphatic rings. The zero-order chi connectivity index (χ0) is 12.3. The Hall–Kier alpha value is -1.22. The molecule has 3 heteroatoms. The summed E-state index contributed by atoms with van der Waals surface area (Å²) in [7, 11) is 3.33. The molecule has 0 unspecified atom stereocenters. The Morgan fingerprint density at radius 2 is 1.88 bits per heavy atom. The van der Waals surface area contributed by atoms with Gasteiger partial charge in [0.15, 0.2) is 11.5 Å². The molecule has 94 valence electrons. The first-order valence-electron chi connectivity index (χ1n) is 6.17. The van der Waals surface area contributed by atoms with Gasteiger partial charge in [-0.15, -0.1) is 0 Å². The average Bonchev–Trinajstić information content (AvgIpc) is 2.32. The summed E-state index contributed by atoms with van der Waals surface area (Å²) in [5.74, 6) is 2.47. The summed E-state index contributed by atoms with van der Waals surface area (Å²) in [4.78, 5) is 0. The van der Waals surface area contributed by atoms with Gasteiger partial charge in [0.2, 0.25) is 0 Å². The SMILES string of the molecule is COc1ccc(CNC2CC(C)C2)cc1OC. The molecule has 0 heterocycles. The number of hydrogen-bond acceptors (Lipinski definition) is 3. The van der Waals surface area contributed by atoms with Gasteiger partial charge in [0, 0.05) is 12.6 Å². The first-order chi connectivity index (χ1) is 8.22. The highest BCUT2D eigenvalue weighted by Gasteiger charge is 2.24. The molecule has 0 saturated heterocycles. The van der Waals surface area contributed by atoms with E-state index in [2.05, 4.69) is 18.3 Å². The molecule has 0 aliphatic heterocycles. The Morgan fingerprint density at radius 1 is 1.18 bits per heavy atom. The van der Waals surface area contributed by atoms with Crippen LogP contribution in [-0.4, -0.2) is 20.3 Å². The van der Waals surface area contributed by atoms with Crippen LogP contribution in [-0.2, 0) is 6.54 Å². The van der Waals surface area contributed by atoms with Crippen molar-refractivity contribution in [3.63, 3.8) is 0 Å². The van der Waals surface area contributed by atoms with Gasteiger partial charge in [-0.3, -0.25) is 0 Å². The minimum absolute atomic E-state index is 0.693. The normalized spacial score (nSPS) is 23.0. The molecular weight excluding hydrogens is 214 g/mol. The summed E-state index contributed by atoms with van der Waals surface area (Å²) in [6.45, 7) is 3.20. The Kier molecular flexibility index (Phi) is 3.89. The summed E-state index contributed by atoms with van der Waals surface area (Å²) < 4.78 is 10.5. The molecule has 1 fully saturated rings. The van der Waals surface area contributed by atoms with Crippen molar-refractivity contribution in [1.29, 1.82) is 0 Å². The van der Waals surface area contributed by atoms with Gasteiger partial charge < -0.3 is 14.8 Å². The fraction of sp³-hybridized carbons (Fsp3) is 0.571. The van der Waals surface area contributed by atoms with Crippen LogP contribution >= 0.6 is 0 Å². The number of hydrogen-bond donors (Lipinski definition) is 1. The van der Waals surface area contributed by atoms with E-state index in [9.17, 15) is 0 Å². The van der Waals surface area contributed by atoms with Crippen molar-refractivity contribution >= 4 is 0 Å². The number of methoxy groups -OCH3 is 2. The Labute approximate surface area is 103 Å². The topological polar surface area (TPSA) is 30.5 Å². The second-order valence-electron chi connectivity index (χ2n) is 4.84. The minimum atomic E-state index is 0.693. The fourth-order valence-corrected chi connectivity index (χ4v) is 2.32. The predicted molar refractivity (Wildman–Crippen MR) is 68.6 cm³/mol. The molecule has 0 spiro atoms. The average molecular weight is 235 g/mol. The quantitative estimate of drug-likeness (QED) is 0.851. The van der Waals surface area contributed by atoms with Gasteiger partial charge in [-0.1, -0.05) is 13.0 Å². The van der Waals surface area contributed by atoms with Crippen molar-refractivity contribution in [2.24, 2.45) is 5.92 Å². The molecule has 17 heavy (non-hydrogen) atoms. The van der Waals surface area contributed by atoms with E-state index in [1.807, 2.05) is 12.1 Å². The second kappa shape index (κ2) is 5.41. The summed E-state index contributed by atoms with van der Waals surface area (Å²) in [5.41, 5.74) is 1.24. The third-order valence-corrected chi connectivity index (χ3v) is 3.42. The largest absolute Gasteiger partial charge is 0.493 e. The number of benzene rings is 1. The molecule has 0 radical (unpaired) electrons. The molecular formula is C14H21NO2. The van der Waals surface area contributed by atoms with Crippen molar-refractivity contribution in [2.75, 3.05) is 14.2 Å². The van der Waals surface area contributed by atoms with Crippen molar-refractivity contribution in [2.45, 2.75) is 32.4 Å². The molecule has 0 atom stereocenters. The monoisotopic (exact) mass is 235 g/mol. The van der Waals surface area contributed by atoms with Gasteiger partial charge >= 0.3 is 0 Å². The molecule has 0 aromatic heterocycles. The van der Waals surface area contributed by atoms with Gasteiger partial charge in [0.05, 0.1) is 14.2 Å². The lowest BCUT2D eigenvalue weighted by molar-refractivity contribution is 0.240. The van der Waals surface area contributed by atoms with Crippen LogP contribution in [0, 0.1) is 5.92 Å². The van der Waals surface area contributed by atoms with Crippen LogP contribution in [0.5, 0.6) is 11.5 Å². The number of rotatable bonds is 5. The van der Waals surface area contributed by atoms with E-state index in [1.54, 1.807) is 14.2 Å². The van der Waals surface area contributed by atoms with E-state index in [0.717, 1.165) is 24.0 Å². The molecule has 1 saturated carbocycles. The predicted octanol–water partition coefficient (Wildman–Crippen LogP) is 2.59. The summed E-state index contributed by atoms with van der Waals surface area (Å²) >= 11 is 0. The van der Waals surface area contributed by atoms with Crippen LogP contribution in [0.25, 0.3) is 0 Å². The Bertz CT molecular complexity index is 372. The highest BCUT2D eigenvalue weighted by molar-refractivity contribution is 5.42. The molecule has 3 nitrogen and oxygen atoms in total. The van der Waals surface area contributed by atoms with Crippen LogP contribution in [0.15, 0.2) is 18.2 Å². The summed E-state index contributed by atoms with van der Waals surface area (Å²) in [6.07, 6.45) is 2.60. The lowest BCUT2D eigenvalue weighted by Gasteiger charge is -2.33. The third-order valence-electron chi connectivity index (χ3n) is 3.42. The van der Waals surface area contributed by atoms with Gasteiger partial charge in [-0.2, -0.15) is 0 Å². The standard InChI is InChI=1S/C14H21NO2/c1-10-6-12(7-10)15-9-11-4-5-13(16-2)14(8-11)17-3/h4-5,8,10,12,15H,6-7,9H2,1-3H3. The highest BCUT2D eigenvalue weighted by Crippen LogP contribution is 2.29. The van der Waals surface area contributed by atoms with Crippen molar-refractivity contribution in [1.82, 2.24) is 5.32 Å². The van der Waals surface area contributed by atoms with Crippen molar-refractivity contribution in [3.05, 3.63) is 23.8 Å².